The highest BCUT2D eigenvalue weighted by Crippen LogP contribution is 2.27. The van der Waals surface area contributed by atoms with Crippen molar-refractivity contribution in [3.05, 3.63) is 0 Å². The van der Waals surface area contributed by atoms with Crippen molar-refractivity contribution in [1.29, 1.82) is 0 Å². The van der Waals surface area contributed by atoms with E-state index in [1.807, 2.05) is 0 Å². The van der Waals surface area contributed by atoms with Crippen LogP contribution in [0.1, 0.15) is 151 Å². The highest BCUT2D eigenvalue weighted by Gasteiger charge is 2.26. The molecule has 35 heavy (non-hydrogen) atoms. The van der Waals surface area contributed by atoms with Gasteiger partial charge in [-0.1, -0.05) is 99.3 Å². The number of unbranched alkanes of at least 4 members (excludes halogenated alkanes) is 8. The summed E-state index contributed by atoms with van der Waals surface area (Å²) in [4.78, 5) is 24.4. The van der Waals surface area contributed by atoms with E-state index in [1.165, 1.54) is 44.9 Å². The van der Waals surface area contributed by atoms with E-state index < -0.39 is 0 Å². The van der Waals surface area contributed by atoms with E-state index in [0.29, 0.717) is 25.6 Å². The minimum atomic E-state index is -0.0280. The summed E-state index contributed by atoms with van der Waals surface area (Å²) in [5.74, 6) is 1.94. The van der Waals surface area contributed by atoms with Crippen molar-refractivity contribution in [3.63, 3.8) is 0 Å². The van der Waals surface area contributed by atoms with Gasteiger partial charge in [-0.2, -0.15) is 0 Å². The lowest BCUT2D eigenvalue weighted by Gasteiger charge is -2.24. The van der Waals surface area contributed by atoms with Crippen molar-refractivity contribution in [2.45, 2.75) is 151 Å². The number of carbonyl (C=O) groups excluding carboxylic acids is 2. The van der Waals surface area contributed by atoms with Gasteiger partial charge >= 0.3 is 11.9 Å². The Kier molecular flexibility index (Phi) is 22.6. The molecule has 0 spiro atoms. The second kappa shape index (κ2) is 23.3. The van der Waals surface area contributed by atoms with E-state index >= 15 is 0 Å². The molecule has 4 heteroatoms. The van der Waals surface area contributed by atoms with Crippen molar-refractivity contribution in [3.8, 4) is 0 Å². The first kappa shape index (κ1) is 33.9. The Morgan fingerprint density at radius 3 is 1.57 bits per heavy atom. The monoisotopic (exact) mass is 496 g/mol. The van der Waals surface area contributed by atoms with E-state index in [4.69, 9.17) is 9.47 Å². The molecule has 0 aliphatic heterocycles. The van der Waals surface area contributed by atoms with Crippen molar-refractivity contribution < 1.29 is 19.1 Å². The summed E-state index contributed by atoms with van der Waals surface area (Å²) in [6.07, 6.45) is 18.4. The van der Waals surface area contributed by atoms with Crippen LogP contribution in [0.4, 0.5) is 0 Å². The number of ether oxygens (including phenoxy) is 2. The fourth-order valence-corrected chi connectivity index (χ4v) is 4.79. The van der Waals surface area contributed by atoms with E-state index in [2.05, 4.69) is 41.5 Å². The highest BCUT2D eigenvalue weighted by molar-refractivity contribution is 5.72. The van der Waals surface area contributed by atoms with Gasteiger partial charge < -0.3 is 9.47 Å². The Labute approximate surface area is 218 Å². The van der Waals surface area contributed by atoms with Gasteiger partial charge in [0, 0.05) is 6.42 Å². The largest absolute Gasteiger partial charge is 0.466 e. The molecule has 2 unspecified atom stereocenters. The first-order chi connectivity index (χ1) is 16.8. The van der Waals surface area contributed by atoms with Gasteiger partial charge in [0.05, 0.1) is 19.1 Å². The van der Waals surface area contributed by atoms with Gasteiger partial charge in [-0.25, -0.2) is 0 Å². The van der Waals surface area contributed by atoms with Crippen LogP contribution in [-0.2, 0) is 19.1 Å². The molecule has 0 fully saturated rings. The Morgan fingerprint density at radius 2 is 1.06 bits per heavy atom. The second-order valence-electron chi connectivity index (χ2n) is 11.4. The minimum absolute atomic E-state index is 0.0259. The lowest BCUT2D eigenvalue weighted by atomic mass is 9.84. The van der Waals surface area contributed by atoms with E-state index in [9.17, 15) is 9.59 Å². The van der Waals surface area contributed by atoms with Crippen LogP contribution in [0.5, 0.6) is 0 Å². The molecular formula is C31H60O4. The Hall–Kier alpha value is -1.06. The molecule has 0 aliphatic carbocycles. The Morgan fingerprint density at radius 1 is 0.571 bits per heavy atom. The molecule has 0 aromatic heterocycles. The molecule has 0 amide bonds. The van der Waals surface area contributed by atoms with Crippen molar-refractivity contribution >= 4 is 11.9 Å². The van der Waals surface area contributed by atoms with Crippen LogP contribution in [0.25, 0.3) is 0 Å². The van der Waals surface area contributed by atoms with Gasteiger partial charge in [0.1, 0.15) is 0 Å². The summed E-state index contributed by atoms with van der Waals surface area (Å²) in [6, 6.07) is 0. The molecule has 0 radical (unpaired) electrons. The maximum Gasteiger partial charge on any atom is 0.309 e. The molecule has 0 bridgehead atoms. The molecule has 0 aromatic carbocycles. The zero-order valence-corrected chi connectivity index (χ0v) is 24.4. The summed E-state index contributed by atoms with van der Waals surface area (Å²) in [7, 11) is 0. The van der Waals surface area contributed by atoms with Crippen molar-refractivity contribution in [2.24, 2.45) is 23.7 Å². The third-order valence-electron chi connectivity index (χ3n) is 7.15. The molecule has 4 nitrogen and oxygen atoms in total. The number of hydrogen-bond acceptors (Lipinski definition) is 4. The normalized spacial score (nSPS) is 13.3. The third kappa shape index (κ3) is 20.8. The summed E-state index contributed by atoms with van der Waals surface area (Å²) in [6.45, 7) is 14.4. The van der Waals surface area contributed by atoms with Crippen LogP contribution in [0, 0.1) is 23.7 Å². The van der Waals surface area contributed by atoms with Crippen molar-refractivity contribution in [2.75, 3.05) is 13.2 Å². The van der Waals surface area contributed by atoms with E-state index in [-0.39, 0.29) is 17.9 Å². The van der Waals surface area contributed by atoms with Crippen LogP contribution >= 0.6 is 0 Å². The quantitative estimate of drug-likeness (QED) is 0.0986. The lowest BCUT2D eigenvalue weighted by molar-refractivity contribution is -0.151. The number of hydrogen-bond donors (Lipinski definition) is 0. The minimum Gasteiger partial charge on any atom is -0.466 e. The predicted molar refractivity (Wildman–Crippen MR) is 148 cm³/mol. The third-order valence-corrected chi connectivity index (χ3v) is 7.15. The molecule has 0 rings (SSSR count). The van der Waals surface area contributed by atoms with Crippen LogP contribution in [-0.4, -0.2) is 25.2 Å². The summed E-state index contributed by atoms with van der Waals surface area (Å²) in [5.41, 5.74) is 0. The molecule has 208 valence electrons. The van der Waals surface area contributed by atoms with Crippen LogP contribution in [0.2, 0.25) is 0 Å². The molecule has 0 saturated heterocycles. The van der Waals surface area contributed by atoms with Gasteiger partial charge in [-0.3, -0.25) is 9.59 Å². The predicted octanol–water partition coefficient (Wildman–Crippen LogP) is 9.29. The SMILES string of the molecule is CCC(CCCCCCCCCC(=O)OCCCCC(C)C)C(CC)C(=O)OCCCCC(C)C. The lowest BCUT2D eigenvalue weighted by Crippen LogP contribution is -2.25. The van der Waals surface area contributed by atoms with Gasteiger partial charge in [0.2, 0.25) is 0 Å². The van der Waals surface area contributed by atoms with Gasteiger partial charge in [0.25, 0.3) is 0 Å². The fraction of sp³-hybridized carbons (Fsp3) is 0.935. The standard InChI is InChI=1S/C31H60O4/c1-7-28(29(8-2)31(33)35-25-19-17-21-27(5)6)22-14-12-10-9-11-13-15-23-30(32)34-24-18-16-20-26(3)4/h26-29H,7-25H2,1-6H3. The van der Waals surface area contributed by atoms with Crippen LogP contribution < -0.4 is 0 Å². The average Bonchev–Trinajstić information content (AvgIpc) is 2.81. The molecule has 0 heterocycles. The van der Waals surface area contributed by atoms with E-state index in [0.717, 1.165) is 69.6 Å². The second-order valence-corrected chi connectivity index (χ2v) is 11.4. The maximum absolute atomic E-state index is 12.6. The molecule has 0 saturated carbocycles. The zero-order valence-electron chi connectivity index (χ0n) is 24.4. The molecule has 0 aromatic rings. The van der Waals surface area contributed by atoms with Crippen LogP contribution in [0.3, 0.4) is 0 Å². The Balaban J connectivity index is 3.79. The molecule has 0 N–H and O–H groups in total. The summed E-state index contributed by atoms with van der Waals surface area (Å²) in [5, 5.41) is 0. The van der Waals surface area contributed by atoms with Gasteiger partial charge in [-0.15, -0.1) is 0 Å². The van der Waals surface area contributed by atoms with Crippen molar-refractivity contribution in [1.82, 2.24) is 0 Å². The summed E-state index contributed by atoms with van der Waals surface area (Å²) < 4.78 is 11.0. The number of esters is 2. The van der Waals surface area contributed by atoms with E-state index in [1.54, 1.807) is 0 Å². The van der Waals surface area contributed by atoms with Gasteiger partial charge in [0.15, 0.2) is 0 Å². The summed E-state index contributed by atoms with van der Waals surface area (Å²) >= 11 is 0. The smallest absolute Gasteiger partial charge is 0.309 e. The fourth-order valence-electron chi connectivity index (χ4n) is 4.79. The number of carbonyl (C=O) groups is 2. The topological polar surface area (TPSA) is 52.6 Å². The molecular weight excluding hydrogens is 436 g/mol. The zero-order chi connectivity index (χ0) is 26.3. The average molecular weight is 497 g/mol. The first-order valence-corrected chi connectivity index (χ1v) is 15.1. The van der Waals surface area contributed by atoms with Gasteiger partial charge in [-0.05, 0) is 62.7 Å². The first-order valence-electron chi connectivity index (χ1n) is 15.1. The number of rotatable bonds is 24. The highest BCUT2D eigenvalue weighted by atomic mass is 16.5. The Bertz CT molecular complexity index is 500. The molecule has 2 atom stereocenters. The maximum atomic E-state index is 12.6. The van der Waals surface area contributed by atoms with Crippen LogP contribution in [0.15, 0.2) is 0 Å². The molecule has 0 aliphatic rings.